The van der Waals surface area contributed by atoms with E-state index in [9.17, 15) is 0 Å². The van der Waals surface area contributed by atoms with Crippen LogP contribution in [0.5, 0.6) is 0 Å². The standard InChI is InChI=1S/C10H12Br2S/c1-6(7-2-3-7)9(12)10-8(11)4-5-13-10/h4-7,9H,2-3H2,1H3. The quantitative estimate of drug-likeness (QED) is 0.687. The molecular formula is C10H12Br2S. The highest BCUT2D eigenvalue weighted by Gasteiger charge is 2.33. The second-order valence-electron chi connectivity index (χ2n) is 3.73. The van der Waals surface area contributed by atoms with Crippen LogP contribution in [0, 0.1) is 11.8 Å². The fraction of sp³-hybridized carbons (Fsp3) is 0.600. The molecule has 0 aliphatic heterocycles. The third-order valence-corrected chi connectivity index (χ3v) is 6.27. The van der Waals surface area contributed by atoms with Crippen molar-refractivity contribution in [1.29, 1.82) is 0 Å². The van der Waals surface area contributed by atoms with E-state index in [1.54, 1.807) is 0 Å². The van der Waals surface area contributed by atoms with Crippen LogP contribution in [0.4, 0.5) is 0 Å². The van der Waals surface area contributed by atoms with Crippen LogP contribution in [0.3, 0.4) is 0 Å². The largest absolute Gasteiger partial charge is 0.147 e. The number of rotatable bonds is 3. The van der Waals surface area contributed by atoms with Gasteiger partial charge in [0.05, 0.1) is 4.83 Å². The van der Waals surface area contributed by atoms with Gasteiger partial charge in [-0.25, -0.2) is 0 Å². The van der Waals surface area contributed by atoms with Crippen LogP contribution >= 0.6 is 43.2 Å². The van der Waals surface area contributed by atoms with E-state index in [2.05, 4.69) is 50.2 Å². The van der Waals surface area contributed by atoms with Gasteiger partial charge in [-0.3, -0.25) is 0 Å². The van der Waals surface area contributed by atoms with Crippen LogP contribution in [0.25, 0.3) is 0 Å². The van der Waals surface area contributed by atoms with Crippen molar-refractivity contribution in [2.45, 2.75) is 24.6 Å². The lowest BCUT2D eigenvalue weighted by molar-refractivity contribution is 0.506. The third kappa shape index (κ3) is 2.18. The Bertz CT molecular complexity index is 291. The topological polar surface area (TPSA) is 0 Å². The van der Waals surface area contributed by atoms with Crippen molar-refractivity contribution in [1.82, 2.24) is 0 Å². The fourth-order valence-electron chi connectivity index (χ4n) is 1.60. The van der Waals surface area contributed by atoms with Gasteiger partial charge in [-0.2, -0.15) is 0 Å². The Morgan fingerprint density at radius 2 is 2.23 bits per heavy atom. The van der Waals surface area contributed by atoms with Crippen molar-refractivity contribution in [3.63, 3.8) is 0 Å². The smallest absolute Gasteiger partial charge is 0.0528 e. The number of alkyl halides is 1. The van der Waals surface area contributed by atoms with Crippen molar-refractivity contribution < 1.29 is 0 Å². The molecule has 0 N–H and O–H groups in total. The second kappa shape index (κ2) is 4.03. The normalized spacial score (nSPS) is 21.5. The summed E-state index contributed by atoms with van der Waals surface area (Å²) >= 11 is 9.22. The molecule has 2 rings (SSSR count). The fourth-order valence-corrected chi connectivity index (χ4v) is 4.62. The highest BCUT2D eigenvalue weighted by Crippen LogP contribution is 2.48. The molecule has 1 aliphatic carbocycles. The van der Waals surface area contributed by atoms with Gasteiger partial charge >= 0.3 is 0 Å². The van der Waals surface area contributed by atoms with E-state index < -0.39 is 0 Å². The van der Waals surface area contributed by atoms with Crippen LogP contribution < -0.4 is 0 Å². The summed E-state index contributed by atoms with van der Waals surface area (Å²) in [6.45, 7) is 2.35. The Kier molecular flexibility index (Phi) is 3.16. The van der Waals surface area contributed by atoms with E-state index in [0.29, 0.717) is 4.83 Å². The molecule has 72 valence electrons. The highest BCUT2D eigenvalue weighted by molar-refractivity contribution is 9.11. The summed E-state index contributed by atoms with van der Waals surface area (Å²) in [5.41, 5.74) is 0. The van der Waals surface area contributed by atoms with E-state index in [4.69, 9.17) is 0 Å². The molecule has 2 atom stereocenters. The van der Waals surface area contributed by atoms with Crippen LogP contribution in [-0.4, -0.2) is 0 Å². The Hall–Kier alpha value is 0.660. The van der Waals surface area contributed by atoms with Gasteiger partial charge in [0.15, 0.2) is 0 Å². The van der Waals surface area contributed by atoms with Gasteiger partial charge in [-0.05, 0) is 52.1 Å². The molecule has 0 radical (unpaired) electrons. The molecule has 13 heavy (non-hydrogen) atoms. The number of hydrogen-bond donors (Lipinski definition) is 0. The summed E-state index contributed by atoms with van der Waals surface area (Å²) in [6.07, 6.45) is 2.85. The average molecular weight is 324 g/mol. The maximum atomic E-state index is 3.80. The first-order valence-electron chi connectivity index (χ1n) is 4.57. The van der Waals surface area contributed by atoms with Crippen LogP contribution in [0.1, 0.15) is 29.5 Å². The molecular weight excluding hydrogens is 312 g/mol. The molecule has 0 bridgehead atoms. The van der Waals surface area contributed by atoms with Gasteiger partial charge < -0.3 is 0 Å². The van der Waals surface area contributed by atoms with Crippen molar-refractivity contribution in [3.8, 4) is 0 Å². The Balaban J connectivity index is 2.11. The molecule has 0 spiro atoms. The van der Waals surface area contributed by atoms with Gasteiger partial charge in [-0.15, -0.1) is 11.3 Å². The van der Waals surface area contributed by atoms with E-state index in [1.807, 2.05) is 11.3 Å². The van der Waals surface area contributed by atoms with Crippen molar-refractivity contribution in [2.24, 2.45) is 11.8 Å². The van der Waals surface area contributed by atoms with Crippen molar-refractivity contribution >= 4 is 43.2 Å². The summed E-state index contributed by atoms with van der Waals surface area (Å²) < 4.78 is 1.26. The minimum absolute atomic E-state index is 0.536. The van der Waals surface area contributed by atoms with Gasteiger partial charge in [-0.1, -0.05) is 22.9 Å². The van der Waals surface area contributed by atoms with E-state index in [1.165, 1.54) is 22.2 Å². The number of hydrogen-bond acceptors (Lipinski definition) is 1. The van der Waals surface area contributed by atoms with Crippen LogP contribution in [0.15, 0.2) is 15.9 Å². The SMILES string of the molecule is CC(C1CC1)C(Br)c1sccc1Br. The Morgan fingerprint density at radius 1 is 1.54 bits per heavy atom. The zero-order chi connectivity index (χ0) is 9.42. The lowest BCUT2D eigenvalue weighted by Gasteiger charge is -2.16. The van der Waals surface area contributed by atoms with Crippen LogP contribution in [0.2, 0.25) is 0 Å². The van der Waals surface area contributed by atoms with Crippen molar-refractivity contribution in [3.05, 3.63) is 20.8 Å². The van der Waals surface area contributed by atoms with E-state index >= 15 is 0 Å². The Morgan fingerprint density at radius 3 is 2.69 bits per heavy atom. The molecule has 1 saturated carbocycles. The van der Waals surface area contributed by atoms with Gasteiger partial charge in [0, 0.05) is 9.35 Å². The first-order valence-corrected chi connectivity index (χ1v) is 7.16. The maximum Gasteiger partial charge on any atom is 0.0528 e. The van der Waals surface area contributed by atoms with Crippen LogP contribution in [-0.2, 0) is 0 Å². The minimum Gasteiger partial charge on any atom is -0.147 e. The van der Waals surface area contributed by atoms with Gasteiger partial charge in [0.1, 0.15) is 0 Å². The van der Waals surface area contributed by atoms with E-state index in [-0.39, 0.29) is 0 Å². The second-order valence-corrected chi connectivity index (χ2v) is 6.52. The first kappa shape index (κ1) is 10.2. The molecule has 1 aromatic heterocycles. The zero-order valence-electron chi connectivity index (χ0n) is 7.47. The minimum atomic E-state index is 0.536. The summed E-state index contributed by atoms with van der Waals surface area (Å²) in [6, 6.07) is 2.13. The summed E-state index contributed by atoms with van der Waals surface area (Å²) in [5.74, 6) is 1.73. The zero-order valence-corrected chi connectivity index (χ0v) is 11.5. The monoisotopic (exact) mass is 322 g/mol. The van der Waals surface area contributed by atoms with Gasteiger partial charge in [0.2, 0.25) is 0 Å². The maximum absolute atomic E-state index is 3.80. The molecule has 1 aromatic rings. The average Bonchev–Trinajstić information content (AvgIpc) is 2.87. The molecule has 1 heterocycles. The number of thiophene rings is 1. The Labute approximate surface area is 100.0 Å². The molecule has 3 heteroatoms. The molecule has 0 aromatic carbocycles. The molecule has 1 fully saturated rings. The van der Waals surface area contributed by atoms with Crippen molar-refractivity contribution in [2.75, 3.05) is 0 Å². The summed E-state index contributed by atoms with van der Waals surface area (Å²) in [7, 11) is 0. The molecule has 1 aliphatic rings. The summed E-state index contributed by atoms with van der Waals surface area (Å²) in [5, 5.41) is 2.15. The molecule has 0 nitrogen and oxygen atoms in total. The molecule has 0 amide bonds. The van der Waals surface area contributed by atoms with E-state index in [0.717, 1.165) is 11.8 Å². The molecule has 2 unspecified atom stereocenters. The summed E-state index contributed by atoms with van der Waals surface area (Å²) in [4.78, 5) is 1.98. The third-order valence-electron chi connectivity index (χ3n) is 2.72. The lowest BCUT2D eigenvalue weighted by Crippen LogP contribution is -2.04. The van der Waals surface area contributed by atoms with Gasteiger partial charge in [0.25, 0.3) is 0 Å². The predicted molar refractivity (Wildman–Crippen MR) is 65.6 cm³/mol. The lowest BCUT2D eigenvalue weighted by atomic mass is 10.0. The first-order chi connectivity index (χ1) is 6.20. The molecule has 0 saturated heterocycles. The number of halogens is 2. The highest BCUT2D eigenvalue weighted by atomic mass is 79.9. The predicted octanol–water partition coefficient (Wildman–Crippen LogP) is 4.99.